The molecule has 11 rings (SSSR count). The molecule has 6 nitrogen and oxygen atoms in total. The van der Waals surface area contributed by atoms with Crippen molar-refractivity contribution in [1.82, 2.24) is 0 Å². The molecule has 64 heavy (non-hydrogen) atoms. The molecule has 0 spiro atoms. The summed E-state index contributed by atoms with van der Waals surface area (Å²) in [6, 6.07) is 49.2. The summed E-state index contributed by atoms with van der Waals surface area (Å²) in [5, 5.41) is 3.13. The predicted octanol–water partition coefficient (Wildman–Crippen LogP) is 16.3. The van der Waals surface area contributed by atoms with Crippen LogP contribution in [0.1, 0.15) is 22.3 Å². The first kappa shape index (κ1) is 38.2. The molecular weight excluding hydrogens is 789 g/mol. The van der Waals surface area contributed by atoms with Crippen molar-refractivity contribution in [2.75, 3.05) is 9.80 Å². The van der Waals surface area contributed by atoms with E-state index >= 15 is 0 Å². The minimum absolute atomic E-state index is 0.520. The lowest BCUT2D eigenvalue weighted by Gasteiger charge is -2.32. The van der Waals surface area contributed by atoms with E-state index in [9.17, 15) is 0 Å². The Balaban J connectivity index is 0.950. The fourth-order valence-electron chi connectivity index (χ4n) is 8.84. The number of allylic oxidation sites excluding steroid dienone is 5. The van der Waals surface area contributed by atoms with Gasteiger partial charge in [-0.15, -0.1) is 0 Å². The van der Waals surface area contributed by atoms with Crippen molar-refractivity contribution in [3.63, 3.8) is 0 Å². The van der Waals surface area contributed by atoms with Gasteiger partial charge in [-0.05, 0) is 108 Å². The standard InChI is InChI=1S/C58H40N2O4/c1-5-7-8-16-31-59(42-25-29-53-50(33-42)47-20-13-15-22-52(47)63-53)43-23-27-48-49-28-30-54-57(58(49)38(4)62-56(48)34-43)37(3)45-26-24-44(35-55(45)64-54)60(41-17-10-9-11-18-41)40(6-2)32-39-36-61-51-21-14-12-19-46(39)51/h5-36H,1-4H2/b8-7-,31-16+,40-32+. The van der Waals surface area contributed by atoms with Crippen LogP contribution in [0.5, 0.6) is 17.2 Å². The molecule has 0 saturated heterocycles. The molecule has 0 bridgehead atoms. The van der Waals surface area contributed by atoms with Crippen LogP contribution in [0.15, 0.2) is 229 Å². The van der Waals surface area contributed by atoms with Crippen molar-refractivity contribution >= 4 is 73.1 Å². The maximum Gasteiger partial charge on any atom is 0.137 e. The molecule has 2 aliphatic heterocycles. The number of para-hydroxylation sites is 3. The van der Waals surface area contributed by atoms with Crippen molar-refractivity contribution in [2.45, 2.75) is 0 Å². The summed E-state index contributed by atoms with van der Waals surface area (Å²) in [6.07, 6.45) is 15.4. The fourth-order valence-corrected chi connectivity index (χ4v) is 8.84. The predicted molar refractivity (Wildman–Crippen MR) is 263 cm³/mol. The van der Waals surface area contributed by atoms with E-state index in [0.29, 0.717) is 23.0 Å². The zero-order valence-corrected chi connectivity index (χ0v) is 34.8. The largest absolute Gasteiger partial charge is 0.464 e. The van der Waals surface area contributed by atoms with E-state index in [1.165, 1.54) is 0 Å². The molecule has 0 atom stereocenters. The Kier molecular flexibility index (Phi) is 9.32. The molecule has 2 aromatic heterocycles. The second-order valence-corrected chi connectivity index (χ2v) is 15.6. The second-order valence-electron chi connectivity index (χ2n) is 15.6. The summed E-state index contributed by atoms with van der Waals surface area (Å²) >= 11 is 0. The maximum absolute atomic E-state index is 6.78. The van der Waals surface area contributed by atoms with Gasteiger partial charge in [0, 0.05) is 90.8 Å². The van der Waals surface area contributed by atoms with E-state index in [1.54, 1.807) is 12.3 Å². The third-order valence-corrected chi connectivity index (χ3v) is 11.8. The van der Waals surface area contributed by atoms with Gasteiger partial charge in [-0.25, -0.2) is 0 Å². The summed E-state index contributed by atoms with van der Waals surface area (Å²) in [4.78, 5) is 4.30. The van der Waals surface area contributed by atoms with Gasteiger partial charge < -0.3 is 28.1 Å². The Bertz CT molecular complexity index is 3490. The van der Waals surface area contributed by atoms with E-state index in [4.69, 9.17) is 18.3 Å². The second kappa shape index (κ2) is 15.6. The normalized spacial score (nSPS) is 13.1. The summed E-state index contributed by atoms with van der Waals surface area (Å²) in [5.74, 6) is 2.59. The lowest BCUT2D eigenvalue weighted by molar-refractivity contribution is 0.471. The van der Waals surface area contributed by atoms with Crippen molar-refractivity contribution < 1.29 is 18.3 Å². The SMILES string of the molecule is C=C/C=C\C=C\N(c1ccc2c(c1)OC(=C)c1c-2ccc2c1C(=C)c1ccc(N(/C(C=C)=C/c3coc4ccccc34)c3ccccc3)cc1O2)c1ccc2oc3ccccc3c2c1. The van der Waals surface area contributed by atoms with Gasteiger partial charge in [-0.3, -0.25) is 0 Å². The summed E-state index contributed by atoms with van der Waals surface area (Å²) < 4.78 is 25.5. The van der Waals surface area contributed by atoms with Crippen LogP contribution in [-0.2, 0) is 0 Å². The van der Waals surface area contributed by atoms with Crippen LogP contribution in [0.25, 0.3) is 61.4 Å². The van der Waals surface area contributed by atoms with Crippen LogP contribution >= 0.6 is 0 Å². The number of hydrogen-bond donors (Lipinski definition) is 0. The molecule has 2 aliphatic rings. The highest BCUT2D eigenvalue weighted by molar-refractivity contribution is 6.06. The lowest BCUT2D eigenvalue weighted by atomic mass is 9.85. The smallest absolute Gasteiger partial charge is 0.137 e. The van der Waals surface area contributed by atoms with Crippen LogP contribution < -0.4 is 19.3 Å². The van der Waals surface area contributed by atoms with Crippen LogP contribution in [0.2, 0.25) is 0 Å². The fraction of sp³-hybridized carbons (Fsp3) is 0. The molecule has 6 heteroatoms. The van der Waals surface area contributed by atoms with Gasteiger partial charge in [0.1, 0.15) is 39.8 Å². The lowest BCUT2D eigenvalue weighted by Crippen LogP contribution is -2.16. The Labute approximate surface area is 370 Å². The van der Waals surface area contributed by atoms with E-state index < -0.39 is 0 Å². The van der Waals surface area contributed by atoms with Crippen molar-refractivity contribution in [3.8, 4) is 28.4 Å². The van der Waals surface area contributed by atoms with Crippen LogP contribution in [0.4, 0.5) is 22.7 Å². The number of nitrogens with zero attached hydrogens (tertiary/aromatic N) is 2. The topological polar surface area (TPSA) is 51.2 Å². The number of benzene rings is 7. The summed E-state index contributed by atoms with van der Waals surface area (Å²) in [7, 11) is 0. The highest BCUT2D eigenvalue weighted by Crippen LogP contribution is 2.53. The van der Waals surface area contributed by atoms with Crippen molar-refractivity contribution in [2.24, 2.45) is 0 Å². The van der Waals surface area contributed by atoms with Gasteiger partial charge in [0.15, 0.2) is 0 Å². The molecule has 0 saturated carbocycles. The number of ether oxygens (including phenoxy) is 2. The third kappa shape index (κ3) is 6.44. The van der Waals surface area contributed by atoms with Gasteiger partial charge in [0.25, 0.3) is 0 Å². The molecule has 7 aromatic carbocycles. The highest BCUT2D eigenvalue weighted by atomic mass is 16.5. The molecule has 0 N–H and O–H groups in total. The first-order valence-corrected chi connectivity index (χ1v) is 21.0. The molecule has 0 unspecified atom stereocenters. The first-order valence-electron chi connectivity index (χ1n) is 21.0. The zero-order valence-electron chi connectivity index (χ0n) is 34.8. The number of furan rings is 2. The Hall–Kier alpha value is -8.74. The average molecular weight is 829 g/mol. The van der Waals surface area contributed by atoms with Gasteiger partial charge in [-0.2, -0.15) is 0 Å². The summed E-state index contributed by atoms with van der Waals surface area (Å²) in [6.45, 7) is 17.2. The van der Waals surface area contributed by atoms with Gasteiger partial charge >= 0.3 is 0 Å². The minimum atomic E-state index is 0.520. The van der Waals surface area contributed by atoms with Crippen LogP contribution in [0.3, 0.4) is 0 Å². The zero-order chi connectivity index (χ0) is 43.3. The molecule has 0 amide bonds. The van der Waals surface area contributed by atoms with Crippen LogP contribution in [-0.4, -0.2) is 0 Å². The van der Waals surface area contributed by atoms with Gasteiger partial charge in [0.05, 0.1) is 6.26 Å². The van der Waals surface area contributed by atoms with Crippen molar-refractivity contribution in [1.29, 1.82) is 0 Å². The van der Waals surface area contributed by atoms with E-state index in [2.05, 4.69) is 121 Å². The average Bonchev–Trinajstić information content (AvgIpc) is 3.92. The quantitative estimate of drug-likeness (QED) is 0.128. The van der Waals surface area contributed by atoms with Crippen molar-refractivity contribution in [3.05, 3.63) is 243 Å². The van der Waals surface area contributed by atoms with Gasteiger partial charge in [-0.1, -0.05) is 99.1 Å². The Morgan fingerprint density at radius 2 is 1.20 bits per heavy atom. The number of fused-ring (bicyclic) bond motifs is 10. The number of anilines is 4. The molecular formula is C58H40N2O4. The van der Waals surface area contributed by atoms with E-state index in [-0.39, 0.29) is 0 Å². The molecule has 306 valence electrons. The molecule has 0 aliphatic carbocycles. The van der Waals surface area contributed by atoms with E-state index in [0.717, 1.165) is 100 Å². The monoisotopic (exact) mass is 828 g/mol. The number of rotatable bonds is 10. The molecule has 0 fully saturated rings. The first-order chi connectivity index (χ1) is 31.5. The molecule has 9 aromatic rings. The summed E-state index contributed by atoms with van der Waals surface area (Å²) in [5.41, 5.74) is 13.5. The Morgan fingerprint density at radius 3 is 2.05 bits per heavy atom. The highest BCUT2D eigenvalue weighted by Gasteiger charge is 2.32. The molecule has 0 radical (unpaired) electrons. The number of hydrogen-bond acceptors (Lipinski definition) is 6. The molecule has 4 heterocycles. The maximum atomic E-state index is 6.78. The van der Waals surface area contributed by atoms with Gasteiger partial charge in [0.2, 0.25) is 0 Å². The third-order valence-electron chi connectivity index (χ3n) is 11.8. The van der Waals surface area contributed by atoms with E-state index in [1.807, 2.05) is 97.2 Å². The van der Waals surface area contributed by atoms with Crippen LogP contribution in [0, 0.1) is 0 Å². The Morgan fingerprint density at radius 1 is 0.516 bits per heavy atom. The minimum Gasteiger partial charge on any atom is -0.464 e.